The highest BCUT2D eigenvalue weighted by molar-refractivity contribution is 6.30. The van der Waals surface area contributed by atoms with Crippen LogP contribution in [0, 0.1) is 6.92 Å². The Labute approximate surface area is 127 Å². The molecule has 0 atom stereocenters. The SMILES string of the molecule is CC.CCCCCC.Cc1cc(Cl)ccc1OC(F)F. The summed E-state index contributed by atoms with van der Waals surface area (Å²) >= 11 is 5.61. The fourth-order valence-corrected chi connectivity index (χ4v) is 1.57. The maximum atomic E-state index is 11.7. The van der Waals surface area contributed by atoms with Crippen molar-refractivity contribution in [2.24, 2.45) is 0 Å². The molecule has 0 bridgehead atoms. The first-order valence-electron chi connectivity index (χ1n) is 7.22. The number of halogens is 3. The van der Waals surface area contributed by atoms with E-state index in [0.29, 0.717) is 10.6 Å². The van der Waals surface area contributed by atoms with Gasteiger partial charge in [0.1, 0.15) is 5.75 Å². The van der Waals surface area contributed by atoms with Crippen molar-refractivity contribution < 1.29 is 13.5 Å². The Morgan fingerprint density at radius 3 is 1.95 bits per heavy atom. The first kappa shape index (κ1) is 21.5. The summed E-state index contributed by atoms with van der Waals surface area (Å²) in [5.74, 6) is 0.161. The second-order valence-corrected chi connectivity index (χ2v) is 4.43. The molecule has 1 rings (SSSR count). The normalized spacial score (nSPS) is 9.25. The highest BCUT2D eigenvalue weighted by atomic mass is 35.5. The van der Waals surface area contributed by atoms with Crippen molar-refractivity contribution >= 4 is 11.6 Å². The quantitative estimate of drug-likeness (QED) is 0.540. The van der Waals surface area contributed by atoms with Gasteiger partial charge in [0.2, 0.25) is 0 Å². The summed E-state index contributed by atoms with van der Waals surface area (Å²) in [5, 5.41) is 0.508. The highest BCUT2D eigenvalue weighted by Gasteiger charge is 2.06. The van der Waals surface area contributed by atoms with Gasteiger partial charge in [-0.25, -0.2) is 0 Å². The zero-order valence-electron chi connectivity index (χ0n) is 13.2. The van der Waals surface area contributed by atoms with Crippen LogP contribution in [0.2, 0.25) is 5.02 Å². The fraction of sp³-hybridized carbons (Fsp3) is 0.625. The highest BCUT2D eigenvalue weighted by Crippen LogP contribution is 2.23. The third-order valence-corrected chi connectivity index (χ3v) is 2.55. The van der Waals surface area contributed by atoms with E-state index in [-0.39, 0.29) is 5.75 Å². The molecule has 0 heterocycles. The number of hydrogen-bond donors (Lipinski definition) is 0. The monoisotopic (exact) mass is 308 g/mol. The van der Waals surface area contributed by atoms with Crippen molar-refractivity contribution in [1.29, 1.82) is 0 Å². The number of aryl methyl sites for hydroxylation is 1. The smallest absolute Gasteiger partial charge is 0.387 e. The van der Waals surface area contributed by atoms with Gasteiger partial charge in [-0.3, -0.25) is 0 Å². The Bertz CT molecular complexity index is 326. The van der Waals surface area contributed by atoms with Gasteiger partial charge in [0.15, 0.2) is 0 Å². The summed E-state index contributed by atoms with van der Waals surface area (Å²) in [7, 11) is 0. The van der Waals surface area contributed by atoms with E-state index in [1.165, 1.54) is 37.8 Å². The minimum Gasteiger partial charge on any atom is -0.435 e. The number of unbranched alkanes of at least 4 members (excludes halogenated alkanes) is 3. The predicted octanol–water partition coefficient (Wildman–Crippen LogP) is 6.86. The van der Waals surface area contributed by atoms with Crippen LogP contribution in [0.1, 0.15) is 58.9 Å². The number of rotatable bonds is 5. The Morgan fingerprint density at radius 1 is 1.10 bits per heavy atom. The summed E-state index contributed by atoms with van der Waals surface area (Å²) in [6.45, 7) is 7.33. The summed E-state index contributed by atoms with van der Waals surface area (Å²) in [4.78, 5) is 0. The maximum Gasteiger partial charge on any atom is 0.387 e. The van der Waals surface area contributed by atoms with Gasteiger partial charge >= 0.3 is 6.61 Å². The van der Waals surface area contributed by atoms with Gasteiger partial charge in [-0.2, -0.15) is 8.78 Å². The molecular weight excluding hydrogens is 282 g/mol. The molecule has 20 heavy (non-hydrogen) atoms. The lowest BCUT2D eigenvalue weighted by Crippen LogP contribution is -2.02. The van der Waals surface area contributed by atoms with Gasteiger partial charge in [0.25, 0.3) is 0 Å². The zero-order chi connectivity index (χ0) is 16.0. The Morgan fingerprint density at radius 2 is 1.60 bits per heavy atom. The fourth-order valence-electron chi connectivity index (χ4n) is 1.34. The third-order valence-electron chi connectivity index (χ3n) is 2.31. The molecule has 0 spiro atoms. The van der Waals surface area contributed by atoms with E-state index in [1.54, 1.807) is 13.0 Å². The van der Waals surface area contributed by atoms with Crippen LogP contribution in [0.25, 0.3) is 0 Å². The molecule has 0 aliphatic carbocycles. The van der Waals surface area contributed by atoms with Crippen LogP contribution < -0.4 is 4.74 Å². The molecule has 0 aliphatic heterocycles. The van der Waals surface area contributed by atoms with Crippen molar-refractivity contribution in [2.45, 2.75) is 66.9 Å². The molecule has 4 heteroatoms. The molecule has 0 aromatic heterocycles. The lowest BCUT2D eigenvalue weighted by molar-refractivity contribution is -0.0502. The van der Waals surface area contributed by atoms with E-state index in [9.17, 15) is 8.78 Å². The van der Waals surface area contributed by atoms with Crippen molar-refractivity contribution in [1.82, 2.24) is 0 Å². The number of hydrogen-bond acceptors (Lipinski definition) is 1. The molecule has 0 unspecified atom stereocenters. The standard InChI is InChI=1S/C8H7ClF2O.C6H14.C2H6/c1-5-4-6(9)2-3-7(5)12-8(10)11;1-3-5-6-4-2;1-2/h2-4,8H,1H3;3-6H2,1-2H3;1-2H3. The molecule has 1 nitrogen and oxygen atoms in total. The van der Waals surface area contributed by atoms with E-state index < -0.39 is 6.61 Å². The number of ether oxygens (including phenoxy) is 1. The summed E-state index contributed by atoms with van der Waals surface area (Å²) in [6, 6.07) is 4.50. The van der Waals surface area contributed by atoms with E-state index in [4.69, 9.17) is 11.6 Å². The summed E-state index contributed by atoms with van der Waals surface area (Å²) in [6.07, 6.45) is 5.54. The lowest BCUT2D eigenvalue weighted by atomic mass is 10.2. The molecule has 0 amide bonds. The largest absolute Gasteiger partial charge is 0.435 e. The van der Waals surface area contributed by atoms with Crippen LogP contribution in [0.5, 0.6) is 5.75 Å². The van der Waals surface area contributed by atoms with Gasteiger partial charge in [-0.1, -0.05) is 65.0 Å². The van der Waals surface area contributed by atoms with Crippen LogP contribution in [0.4, 0.5) is 8.78 Å². The Hall–Kier alpha value is -0.830. The van der Waals surface area contributed by atoms with Crippen molar-refractivity contribution in [3.05, 3.63) is 28.8 Å². The molecule has 118 valence electrons. The molecule has 0 N–H and O–H groups in total. The first-order valence-corrected chi connectivity index (χ1v) is 7.60. The van der Waals surface area contributed by atoms with Crippen LogP contribution >= 0.6 is 11.6 Å². The number of benzene rings is 1. The third kappa shape index (κ3) is 12.2. The minimum absolute atomic E-state index is 0.161. The average molecular weight is 309 g/mol. The second-order valence-electron chi connectivity index (χ2n) is 4.00. The van der Waals surface area contributed by atoms with E-state index in [2.05, 4.69) is 18.6 Å². The maximum absolute atomic E-state index is 11.7. The Balaban J connectivity index is 0. The Kier molecular flexibility index (Phi) is 15.6. The first-order chi connectivity index (χ1) is 9.51. The molecule has 0 saturated heterocycles. The van der Waals surface area contributed by atoms with Gasteiger partial charge in [0.05, 0.1) is 0 Å². The van der Waals surface area contributed by atoms with E-state index in [1.807, 2.05) is 13.8 Å². The van der Waals surface area contributed by atoms with Crippen molar-refractivity contribution in [3.8, 4) is 5.75 Å². The number of alkyl halides is 2. The zero-order valence-corrected chi connectivity index (χ0v) is 13.9. The topological polar surface area (TPSA) is 9.23 Å². The van der Waals surface area contributed by atoms with Crippen LogP contribution in [0.3, 0.4) is 0 Å². The molecular formula is C16H27ClF2O. The molecule has 1 aromatic rings. The summed E-state index contributed by atoms with van der Waals surface area (Å²) < 4.78 is 27.7. The minimum atomic E-state index is -2.79. The van der Waals surface area contributed by atoms with Crippen molar-refractivity contribution in [3.63, 3.8) is 0 Å². The lowest BCUT2D eigenvalue weighted by Gasteiger charge is -2.06. The van der Waals surface area contributed by atoms with Crippen LogP contribution in [-0.4, -0.2) is 6.61 Å². The molecule has 0 saturated carbocycles. The van der Waals surface area contributed by atoms with Crippen molar-refractivity contribution in [2.75, 3.05) is 0 Å². The molecule has 1 aromatic carbocycles. The van der Waals surface area contributed by atoms with E-state index >= 15 is 0 Å². The summed E-state index contributed by atoms with van der Waals surface area (Å²) in [5.41, 5.74) is 0.600. The molecule has 0 aliphatic rings. The average Bonchev–Trinajstić information content (AvgIpc) is 2.42. The van der Waals surface area contributed by atoms with Gasteiger partial charge in [-0.05, 0) is 30.7 Å². The van der Waals surface area contributed by atoms with E-state index in [0.717, 1.165) is 0 Å². The van der Waals surface area contributed by atoms with Gasteiger partial charge in [-0.15, -0.1) is 0 Å². The van der Waals surface area contributed by atoms with Crippen LogP contribution in [-0.2, 0) is 0 Å². The predicted molar refractivity (Wildman–Crippen MR) is 84.0 cm³/mol. The van der Waals surface area contributed by atoms with Crippen LogP contribution in [0.15, 0.2) is 18.2 Å². The second kappa shape index (κ2) is 14.6. The molecule has 0 fully saturated rings. The van der Waals surface area contributed by atoms with Gasteiger partial charge < -0.3 is 4.74 Å². The van der Waals surface area contributed by atoms with Gasteiger partial charge in [0, 0.05) is 5.02 Å². The molecule has 0 radical (unpaired) electrons.